The molecule has 0 saturated carbocycles. The van der Waals surface area contributed by atoms with Crippen LogP contribution in [0.25, 0.3) is 5.69 Å². The summed E-state index contributed by atoms with van der Waals surface area (Å²) < 4.78 is 1.65. The van der Waals surface area contributed by atoms with E-state index in [2.05, 4.69) is 10.4 Å². The van der Waals surface area contributed by atoms with Crippen molar-refractivity contribution in [1.82, 2.24) is 9.78 Å². The number of nitriles is 1. The summed E-state index contributed by atoms with van der Waals surface area (Å²) in [7, 11) is 0. The Kier molecular flexibility index (Phi) is 3.16. The number of aromatic nitrogens is 2. The predicted molar refractivity (Wildman–Crippen MR) is 69.5 cm³/mol. The monoisotopic (exact) mass is 240 g/mol. The van der Waals surface area contributed by atoms with E-state index in [1.165, 1.54) is 6.20 Å². The van der Waals surface area contributed by atoms with Gasteiger partial charge in [0.05, 0.1) is 17.6 Å². The van der Waals surface area contributed by atoms with Gasteiger partial charge in [-0.15, -0.1) is 5.10 Å². The molecule has 90 valence electrons. The first kappa shape index (κ1) is 11.5. The summed E-state index contributed by atoms with van der Waals surface area (Å²) in [6.45, 7) is 0. The molecule has 0 atom stereocenters. The van der Waals surface area contributed by atoms with Gasteiger partial charge in [0.2, 0.25) is 0 Å². The van der Waals surface area contributed by atoms with E-state index in [9.17, 15) is 0 Å². The van der Waals surface area contributed by atoms with Gasteiger partial charge in [0.1, 0.15) is 11.8 Å². The van der Waals surface area contributed by atoms with Crippen molar-refractivity contribution in [2.75, 3.05) is 11.1 Å². The van der Waals surface area contributed by atoms with E-state index in [1.54, 1.807) is 16.9 Å². The molecule has 0 bridgehead atoms. The number of nitrogens with two attached hydrogens (primary N) is 2. The molecule has 2 rings (SSSR count). The van der Waals surface area contributed by atoms with E-state index in [1.807, 2.05) is 30.3 Å². The third-order valence-electron chi connectivity index (χ3n) is 2.26. The lowest BCUT2D eigenvalue weighted by Gasteiger charge is -1.99. The van der Waals surface area contributed by atoms with Crippen LogP contribution in [0.4, 0.5) is 11.5 Å². The van der Waals surface area contributed by atoms with E-state index in [4.69, 9.17) is 16.7 Å². The van der Waals surface area contributed by atoms with Crippen molar-refractivity contribution < 1.29 is 0 Å². The second kappa shape index (κ2) is 4.93. The molecule has 1 heterocycles. The van der Waals surface area contributed by atoms with Crippen LogP contribution in [0, 0.1) is 11.3 Å². The average molecular weight is 240 g/mol. The number of nitrogens with one attached hydrogen (secondary N) is 1. The molecule has 6 heteroatoms. The van der Waals surface area contributed by atoms with Gasteiger partial charge in [0.25, 0.3) is 0 Å². The maximum atomic E-state index is 8.53. The largest absolute Gasteiger partial charge is 0.394 e. The molecule has 0 radical (unpaired) electrons. The minimum atomic E-state index is 0.0589. The number of benzene rings is 1. The second-order valence-electron chi connectivity index (χ2n) is 3.57. The molecular formula is C12H12N6. The second-order valence-corrected chi connectivity index (χ2v) is 3.57. The van der Waals surface area contributed by atoms with Gasteiger partial charge in [-0.2, -0.15) is 5.26 Å². The van der Waals surface area contributed by atoms with E-state index in [0.717, 1.165) is 5.69 Å². The van der Waals surface area contributed by atoms with Crippen LogP contribution >= 0.6 is 0 Å². The Morgan fingerprint density at radius 2 is 2.11 bits per heavy atom. The molecule has 6 nitrogen and oxygen atoms in total. The van der Waals surface area contributed by atoms with Crippen LogP contribution < -0.4 is 16.8 Å². The van der Waals surface area contributed by atoms with Crippen molar-refractivity contribution in [3.63, 3.8) is 0 Å². The fourth-order valence-corrected chi connectivity index (χ4v) is 1.39. The van der Waals surface area contributed by atoms with Gasteiger partial charge >= 0.3 is 0 Å². The molecule has 0 unspecified atom stereocenters. The molecular weight excluding hydrogens is 228 g/mol. The highest BCUT2D eigenvalue weighted by Crippen LogP contribution is 2.18. The summed E-state index contributed by atoms with van der Waals surface area (Å²) in [6, 6.07) is 11.4. The fraction of sp³-hybridized carbons (Fsp3) is 0. The molecule has 2 aromatic rings. The molecule has 0 aliphatic carbocycles. The first-order chi connectivity index (χ1) is 8.70. The summed E-state index contributed by atoms with van der Waals surface area (Å²) in [5.74, 6) is 0.456. The van der Waals surface area contributed by atoms with Gasteiger partial charge in [0.15, 0.2) is 5.82 Å². The Bertz CT molecular complexity index is 605. The van der Waals surface area contributed by atoms with Crippen molar-refractivity contribution in [2.45, 2.75) is 0 Å². The minimum absolute atomic E-state index is 0.0589. The van der Waals surface area contributed by atoms with Crippen LogP contribution in [0.5, 0.6) is 0 Å². The summed E-state index contributed by atoms with van der Waals surface area (Å²) in [4.78, 5) is 0. The molecule has 18 heavy (non-hydrogen) atoms. The standard InChI is InChI=1S/C12H12N6/c13-6-9(14)7-16-12-11(15)8-18(17-12)10-4-2-1-3-5-10/h1-5,7-8H,14-15H2,(H,16,17)/b9-7+. The van der Waals surface area contributed by atoms with Gasteiger partial charge in [-0.05, 0) is 12.1 Å². The lowest BCUT2D eigenvalue weighted by molar-refractivity contribution is 0.884. The van der Waals surface area contributed by atoms with Crippen LogP contribution in [0.2, 0.25) is 0 Å². The topological polar surface area (TPSA) is 106 Å². The van der Waals surface area contributed by atoms with Crippen molar-refractivity contribution in [3.8, 4) is 11.8 Å². The smallest absolute Gasteiger partial charge is 0.175 e. The van der Waals surface area contributed by atoms with E-state index in [-0.39, 0.29) is 5.70 Å². The highest BCUT2D eigenvalue weighted by molar-refractivity contribution is 5.62. The number of rotatable bonds is 3. The molecule has 0 aliphatic rings. The normalized spacial score (nSPS) is 10.9. The summed E-state index contributed by atoms with van der Waals surface area (Å²) in [5.41, 5.74) is 12.6. The van der Waals surface area contributed by atoms with Crippen LogP contribution in [0.1, 0.15) is 0 Å². The molecule has 0 fully saturated rings. The lowest BCUT2D eigenvalue weighted by Crippen LogP contribution is -2.01. The number of nitrogens with zero attached hydrogens (tertiary/aromatic N) is 3. The SMILES string of the molecule is N#C/C(N)=C\Nc1nn(-c2ccccc2)cc1N. The van der Waals surface area contributed by atoms with Gasteiger partial charge in [-0.25, -0.2) is 4.68 Å². The Morgan fingerprint density at radius 3 is 2.78 bits per heavy atom. The highest BCUT2D eigenvalue weighted by Gasteiger charge is 2.05. The number of anilines is 2. The number of nitrogen functional groups attached to an aromatic ring is 1. The number of para-hydroxylation sites is 1. The molecule has 0 amide bonds. The van der Waals surface area contributed by atoms with E-state index >= 15 is 0 Å². The highest BCUT2D eigenvalue weighted by atomic mass is 15.3. The first-order valence-electron chi connectivity index (χ1n) is 5.23. The van der Waals surface area contributed by atoms with Gasteiger partial charge in [-0.3, -0.25) is 0 Å². The Balaban J connectivity index is 2.26. The molecule has 0 saturated heterocycles. The number of allylic oxidation sites excluding steroid dienone is 1. The zero-order chi connectivity index (χ0) is 13.0. The first-order valence-corrected chi connectivity index (χ1v) is 5.23. The van der Waals surface area contributed by atoms with Crippen LogP contribution in [0.15, 0.2) is 48.4 Å². The van der Waals surface area contributed by atoms with Crippen molar-refractivity contribution >= 4 is 11.5 Å². The third-order valence-corrected chi connectivity index (χ3v) is 2.26. The van der Waals surface area contributed by atoms with Crippen molar-refractivity contribution in [3.05, 3.63) is 48.4 Å². The maximum absolute atomic E-state index is 8.53. The zero-order valence-corrected chi connectivity index (χ0v) is 9.54. The molecule has 1 aromatic heterocycles. The van der Waals surface area contributed by atoms with Gasteiger partial charge in [0, 0.05) is 6.20 Å². The summed E-state index contributed by atoms with van der Waals surface area (Å²) in [5, 5.41) is 15.6. The maximum Gasteiger partial charge on any atom is 0.175 e. The lowest BCUT2D eigenvalue weighted by atomic mass is 10.3. The van der Waals surface area contributed by atoms with E-state index in [0.29, 0.717) is 11.5 Å². The predicted octanol–water partition coefficient (Wildman–Crippen LogP) is 1.19. The number of hydrogen-bond donors (Lipinski definition) is 3. The van der Waals surface area contributed by atoms with Crippen molar-refractivity contribution in [2.24, 2.45) is 5.73 Å². The van der Waals surface area contributed by atoms with Crippen LogP contribution in [-0.4, -0.2) is 9.78 Å². The average Bonchev–Trinajstić information content (AvgIpc) is 2.78. The Morgan fingerprint density at radius 1 is 1.39 bits per heavy atom. The Labute approximate surface area is 104 Å². The minimum Gasteiger partial charge on any atom is -0.394 e. The third kappa shape index (κ3) is 2.41. The molecule has 5 N–H and O–H groups in total. The summed E-state index contributed by atoms with van der Waals surface area (Å²) >= 11 is 0. The zero-order valence-electron chi connectivity index (χ0n) is 9.54. The molecule has 0 spiro atoms. The van der Waals surface area contributed by atoms with Gasteiger partial charge < -0.3 is 16.8 Å². The van der Waals surface area contributed by atoms with Gasteiger partial charge in [-0.1, -0.05) is 18.2 Å². The fourth-order valence-electron chi connectivity index (χ4n) is 1.39. The van der Waals surface area contributed by atoms with Crippen molar-refractivity contribution in [1.29, 1.82) is 5.26 Å². The van der Waals surface area contributed by atoms with Crippen LogP contribution in [0.3, 0.4) is 0 Å². The van der Waals surface area contributed by atoms with Crippen LogP contribution in [-0.2, 0) is 0 Å². The van der Waals surface area contributed by atoms with E-state index < -0.39 is 0 Å². The quantitative estimate of drug-likeness (QED) is 0.699. The Hall–Kier alpha value is -2.94. The molecule has 1 aromatic carbocycles. The number of hydrogen-bond acceptors (Lipinski definition) is 5. The molecule has 0 aliphatic heterocycles. The summed E-state index contributed by atoms with van der Waals surface area (Å²) in [6.07, 6.45) is 3.04.